The van der Waals surface area contributed by atoms with Gasteiger partial charge in [0.05, 0.1) is 5.69 Å². The minimum atomic E-state index is -0.831. The number of benzene rings is 1. The van der Waals surface area contributed by atoms with Crippen molar-refractivity contribution in [1.29, 1.82) is 0 Å². The molecule has 1 fully saturated rings. The van der Waals surface area contributed by atoms with Gasteiger partial charge in [0.15, 0.2) is 4.67 Å². The highest BCUT2D eigenvalue weighted by molar-refractivity contribution is 9.10. The first-order chi connectivity index (χ1) is 11.4. The molecule has 8 heteroatoms. The summed E-state index contributed by atoms with van der Waals surface area (Å²) in [5.41, 5.74) is 0.859. The first kappa shape index (κ1) is 16.5. The van der Waals surface area contributed by atoms with Crippen LogP contribution in [0.2, 0.25) is 5.02 Å². The fourth-order valence-corrected chi connectivity index (χ4v) is 2.65. The molecule has 0 aliphatic carbocycles. The van der Waals surface area contributed by atoms with Crippen LogP contribution >= 0.6 is 27.5 Å². The second kappa shape index (κ2) is 6.26. The SMILES string of the molecule is Cc1ccc(N2C(=O)NC(=O)/C(=C\c3ccc(Br)o3)C2=O)cc1Cl. The lowest BCUT2D eigenvalue weighted by atomic mass is 10.1. The normalized spacial score (nSPS) is 16.7. The molecule has 1 aromatic heterocycles. The number of furan rings is 1. The molecule has 0 saturated carbocycles. The van der Waals surface area contributed by atoms with Crippen molar-refractivity contribution in [2.24, 2.45) is 0 Å². The minimum absolute atomic E-state index is 0.215. The molecular weight excluding hydrogens is 400 g/mol. The summed E-state index contributed by atoms with van der Waals surface area (Å²) in [6, 6.07) is 7.13. The molecule has 1 aromatic carbocycles. The van der Waals surface area contributed by atoms with Crippen LogP contribution in [0.3, 0.4) is 0 Å². The van der Waals surface area contributed by atoms with Gasteiger partial charge in [-0.15, -0.1) is 0 Å². The van der Waals surface area contributed by atoms with E-state index in [-0.39, 0.29) is 11.3 Å². The van der Waals surface area contributed by atoms with Gasteiger partial charge in [-0.2, -0.15) is 0 Å². The van der Waals surface area contributed by atoms with E-state index in [4.69, 9.17) is 16.0 Å². The van der Waals surface area contributed by atoms with Crippen molar-refractivity contribution in [1.82, 2.24) is 5.32 Å². The van der Waals surface area contributed by atoms with Crippen molar-refractivity contribution in [2.45, 2.75) is 6.92 Å². The number of rotatable bonds is 2. The predicted molar refractivity (Wildman–Crippen MR) is 91.6 cm³/mol. The second-order valence-corrected chi connectivity index (χ2v) is 6.22. The van der Waals surface area contributed by atoms with Crippen LogP contribution in [0.1, 0.15) is 11.3 Å². The molecule has 1 aliphatic heterocycles. The molecule has 1 saturated heterocycles. The highest BCUT2D eigenvalue weighted by Gasteiger charge is 2.37. The van der Waals surface area contributed by atoms with E-state index in [9.17, 15) is 14.4 Å². The predicted octanol–water partition coefficient (Wildman–Crippen LogP) is 3.67. The summed E-state index contributed by atoms with van der Waals surface area (Å²) >= 11 is 9.19. The summed E-state index contributed by atoms with van der Waals surface area (Å²) in [6.45, 7) is 1.80. The van der Waals surface area contributed by atoms with Crippen LogP contribution in [0.4, 0.5) is 10.5 Å². The first-order valence-corrected chi connectivity index (χ1v) is 7.97. The van der Waals surface area contributed by atoms with E-state index >= 15 is 0 Å². The minimum Gasteiger partial charge on any atom is -0.450 e. The molecule has 6 nitrogen and oxygen atoms in total. The number of carbonyl (C=O) groups is 3. The average Bonchev–Trinajstić information content (AvgIpc) is 2.92. The Morgan fingerprint density at radius 2 is 1.96 bits per heavy atom. The van der Waals surface area contributed by atoms with Crippen molar-refractivity contribution in [3.63, 3.8) is 0 Å². The third-order valence-electron chi connectivity index (χ3n) is 3.40. The monoisotopic (exact) mass is 408 g/mol. The fourth-order valence-electron chi connectivity index (χ4n) is 2.16. The lowest BCUT2D eigenvalue weighted by Crippen LogP contribution is -2.54. The number of hydrogen-bond acceptors (Lipinski definition) is 4. The highest BCUT2D eigenvalue weighted by Crippen LogP contribution is 2.27. The summed E-state index contributed by atoms with van der Waals surface area (Å²) in [5, 5.41) is 2.54. The number of nitrogens with zero attached hydrogens (tertiary/aromatic N) is 1. The number of halogens is 2. The average molecular weight is 410 g/mol. The summed E-state index contributed by atoms with van der Waals surface area (Å²) in [4.78, 5) is 37.6. The van der Waals surface area contributed by atoms with Crippen LogP contribution in [0, 0.1) is 6.92 Å². The zero-order chi connectivity index (χ0) is 17.4. The zero-order valence-corrected chi connectivity index (χ0v) is 14.6. The standard InChI is InChI=1S/C16H10BrClN2O4/c1-8-2-3-9(6-12(8)18)20-15(22)11(14(21)19-16(20)23)7-10-4-5-13(17)24-10/h2-7H,1H3,(H,19,21,23)/b11-7+. The van der Waals surface area contributed by atoms with Gasteiger partial charge < -0.3 is 4.42 Å². The molecule has 2 heterocycles. The molecule has 1 N–H and O–H groups in total. The van der Waals surface area contributed by atoms with E-state index in [0.717, 1.165) is 10.5 Å². The van der Waals surface area contributed by atoms with Crippen LogP contribution in [0.15, 0.2) is 45.0 Å². The lowest BCUT2D eigenvalue weighted by molar-refractivity contribution is -0.122. The van der Waals surface area contributed by atoms with E-state index in [2.05, 4.69) is 21.2 Å². The highest BCUT2D eigenvalue weighted by atomic mass is 79.9. The quantitative estimate of drug-likeness (QED) is 0.606. The molecule has 24 heavy (non-hydrogen) atoms. The maximum atomic E-state index is 12.6. The number of nitrogens with one attached hydrogen (secondary N) is 1. The van der Waals surface area contributed by atoms with E-state index in [1.54, 1.807) is 31.2 Å². The number of aryl methyl sites for hydroxylation is 1. The Bertz CT molecular complexity index is 903. The Morgan fingerprint density at radius 3 is 2.58 bits per heavy atom. The summed E-state index contributed by atoms with van der Waals surface area (Å²) in [6.07, 6.45) is 1.28. The molecule has 3 rings (SSSR count). The number of anilines is 1. The smallest absolute Gasteiger partial charge is 0.335 e. The Labute approximate surface area is 150 Å². The Balaban J connectivity index is 2.02. The molecule has 0 unspecified atom stereocenters. The Morgan fingerprint density at radius 1 is 1.21 bits per heavy atom. The van der Waals surface area contributed by atoms with Gasteiger partial charge in [0.2, 0.25) is 0 Å². The molecule has 4 amide bonds. The number of imide groups is 2. The third kappa shape index (κ3) is 3.00. The largest absolute Gasteiger partial charge is 0.450 e. The van der Waals surface area contributed by atoms with Crippen LogP contribution in [-0.4, -0.2) is 17.8 Å². The first-order valence-electron chi connectivity index (χ1n) is 6.80. The van der Waals surface area contributed by atoms with Crippen molar-refractivity contribution in [2.75, 3.05) is 4.90 Å². The third-order valence-corrected chi connectivity index (χ3v) is 4.23. The fraction of sp³-hybridized carbons (Fsp3) is 0.0625. The van der Waals surface area contributed by atoms with Gasteiger partial charge in [-0.25, -0.2) is 9.69 Å². The zero-order valence-electron chi connectivity index (χ0n) is 12.3. The number of urea groups is 1. The molecule has 1 aliphatic rings. The second-order valence-electron chi connectivity index (χ2n) is 5.03. The van der Waals surface area contributed by atoms with E-state index in [0.29, 0.717) is 15.5 Å². The summed E-state index contributed by atoms with van der Waals surface area (Å²) in [5.74, 6) is -1.24. The van der Waals surface area contributed by atoms with E-state index < -0.39 is 17.8 Å². The van der Waals surface area contributed by atoms with Gasteiger partial charge in [0, 0.05) is 5.02 Å². The van der Waals surface area contributed by atoms with Crippen LogP contribution in [0.25, 0.3) is 6.08 Å². The van der Waals surface area contributed by atoms with E-state index in [1.165, 1.54) is 12.1 Å². The summed E-state index contributed by atoms with van der Waals surface area (Å²) < 4.78 is 5.72. The molecule has 0 radical (unpaired) electrons. The van der Waals surface area contributed by atoms with Crippen LogP contribution in [-0.2, 0) is 9.59 Å². The number of amides is 4. The van der Waals surface area contributed by atoms with Crippen LogP contribution < -0.4 is 10.2 Å². The number of hydrogen-bond donors (Lipinski definition) is 1. The molecule has 0 atom stereocenters. The summed E-state index contributed by atoms with van der Waals surface area (Å²) in [7, 11) is 0. The maximum absolute atomic E-state index is 12.6. The van der Waals surface area contributed by atoms with Crippen molar-refractivity contribution >= 4 is 57.1 Å². The molecular formula is C16H10BrClN2O4. The number of carbonyl (C=O) groups excluding carboxylic acids is 3. The Kier molecular flexibility index (Phi) is 4.29. The van der Waals surface area contributed by atoms with Crippen LogP contribution in [0.5, 0.6) is 0 Å². The molecule has 0 spiro atoms. The van der Waals surface area contributed by atoms with E-state index in [1.807, 2.05) is 0 Å². The van der Waals surface area contributed by atoms with Crippen molar-refractivity contribution in [3.8, 4) is 0 Å². The topological polar surface area (TPSA) is 79.6 Å². The van der Waals surface area contributed by atoms with Gasteiger partial charge >= 0.3 is 6.03 Å². The van der Waals surface area contributed by atoms with Gasteiger partial charge in [-0.1, -0.05) is 17.7 Å². The maximum Gasteiger partial charge on any atom is 0.335 e. The number of barbiturate groups is 1. The van der Waals surface area contributed by atoms with Crippen molar-refractivity contribution in [3.05, 3.63) is 56.9 Å². The lowest BCUT2D eigenvalue weighted by Gasteiger charge is -2.26. The van der Waals surface area contributed by atoms with Gasteiger partial charge in [-0.05, 0) is 58.8 Å². The molecule has 0 bridgehead atoms. The van der Waals surface area contributed by atoms with Gasteiger partial charge in [0.1, 0.15) is 11.3 Å². The van der Waals surface area contributed by atoms with Crippen molar-refractivity contribution < 1.29 is 18.8 Å². The van der Waals surface area contributed by atoms with Gasteiger partial charge in [-0.3, -0.25) is 14.9 Å². The molecule has 2 aromatic rings. The Hall–Kier alpha value is -2.38. The molecule has 122 valence electrons. The van der Waals surface area contributed by atoms with Gasteiger partial charge in [0.25, 0.3) is 11.8 Å².